The third kappa shape index (κ3) is 2.27. The van der Waals surface area contributed by atoms with Crippen molar-refractivity contribution in [2.45, 2.75) is 25.8 Å². The first-order valence-corrected chi connectivity index (χ1v) is 6.69. The molecule has 80 valence electrons. The average Bonchev–Trinajstić information content (AvgIpc) is 2.86. The molecule has 0 saturated heterocycles. The Hall–Kier alpha value is -0.710. The molecule has 0 saturated carbocycles. The number of hydrogen-bond donors (Lipinski definition) is 1. The van der Waals surface area contributed by atoms with Gasteiger partial charge in [-0.2, -0.15) is 0 Å². The molecular weight excluding hydrogens is 224 g/mol. The Morgan fingerprint density at radius 2 is 2.13 bits per heavy atom. The van der Waals surface area contributed by atoms with E-state index >= 15 is 0 Å². The predicted octanol–water partition coefficient (Wildman–Crippen LogP) is 3.32. The van der Waals surface area contributed by atoms with Gasteiger partial charge in [0.05, 0.1) is 10.6 Å². The molecular formula is C11H14N2S2. The van der Waals surface area contributed by atoms with Gasteiger partial charge in [-0.15, -0.1) is 22.7 Å². The van der Waals surface area contributed by atoms with Crippen LogP contribution in [-0.4, -0.2) is 11.0 Å². The molecule has 0 amide bonds. The molecule has 2 aromatic rings. The number of nitrogens with zero attached hydrogens (tertiary/aromatic N) is 1. The van der Waals surface area contributed by atoms with E-state index in [2.05, 4.69) is 34.8 Å². The Morgan fingerprint density at radius 1 is 1.33 bits per heavy atom. The van der Waals surface area contributed by atoms with E-state index < -0.39 is 0 Å². The van der Waals surface area contributed by atoms with Gasteiger partial charge in [-0.1, -0.05) is 13.0 Å². The highest BCUT2D eigenvalue weighted by Gasteiger charge is 2.14. The lowest BCUT2D eigenvalue weighted by Crippen LogP contribution is -2.22. The first-order chi connectivity index (χ1) is 7.18. The topological polar surface area (TPSA) is 38.9 Å². The molecule has 2 atom stereocenters. The largest absolute Gasteiger partial charge is 0.327 e. The predicted molar refractivity (Wildman–Crippen MR) is 67.5 cm³/mol. The summed E-state index contributed by atoms with van der Waals surface area (Å²) in [4.78, 5) is 5.86. The quantitative estimate of drug-likeness (QED) is 0.891. The fraction of sp³-hybridized carbons (Fsp3) is 0.364. The molecule has 0 bridgehead atoms. The van der Waals surface area contributed by atoms with Gasteiger partial charge in [0.15, 0.2) is 0 Å². The van der Waals surface area contributed by atoms with Gasteiger partial charge in [-0.3, -0.25) is 0 Å². The third-order valence-corrected chi connectivity index (χ3v) is 4.41. The van der Waals surface area contributed by atoms with Crippen LogP contribution in [0.25, 0.3) is 9.88 Å². The second kappa shape index (κ2) is 4.43. The SMILES string of the molecule is CC(N)C(C)c1csc(-c2cccs2)n1. The van der Waals surface area contributed by atoms with Crippen molar-refractivity contribution < 1.29 is 0 Å². The zero-order chi connectivity index (χ0) is 10.8. The normalized spacial score (nSPS) is 15.1. The van der Waals surface area contributed by atoms with Gasteiger partial charge in [-0.25, -0.2) is 4.98 Å². The van der Waals surface area contributed by atoms with Gasteiger partial charge in [0.1, 0.15) is 5.01 Å². The molecule has 2 unspecified atom stereocenters. The maximum atomic E-state index is 5.86. The molecule has 2 N–H and O–H groups in total. The number of thiophene rings is 1. The molecule has 0 fully saturated rings. The Balaban J connectivity index is 2.25. The van der Waals surface area contributed by atoms with Crippen LogP contribution in [0.3, 0.4) is 0 Å². The van der Waals surface area contributed by atoms with Crippen molar-refractivity contribution in [2.24, 2.45) is 5.73 Å². The zero-order valence-electron chi connectivity index (χ0n) is 8.81. The minimum Gasteiger partial charge on any atom is -0.327 e. The summed E-state index contributed by atoms with van der Waals surface area (Å²) in [6.07, 6.45) is 0. The van der Waals surface area contributed by atoms with Crippen molar-refractivity contribution in [3.63, 3.8) is 0 Å². The minimum atomic E-state index is 0.156. The summed E-state index contributed by atoms with van der Waals surface area (Å²) >= 11 is 3.42. The molecule has 0 aliphatic rings. The molecule has 0 aromatic carbocycles. The Labute approximate surface area is 97.8 Å². The third-order valence-electron chi connectivity index (χ3n) is 2.51. The van der Waals surface area contributed by atoms with Crippen molar-refractivity contribution in [3.05, 3.63) is 28.6 Å². The second-order valence-electron chi connectivity index (χ2n) is 3.70. The van der Waals surface area contributed by atoms with E-state index in [-0.39, 0.29) is 6.04 Å². The Kier molecular flexibility index (Phi) is 3.19. The molecule has 0 aliphatic carbocycles. The molecule has 4 heteroatoms. The summed E-state index contributed by atoms with van der Waals surface area (Å²) in [5, 5.41) is 5.29. The van der Waals surface area contributed by atoms with E-state index in [1.54, 1.807) is 22.7 Å². The summed E-state index contributed by atoms with van der Waals surface area (Å²) in [5.41, 5.74) is 6.97. The maximum absolute atomic E-state index is 5.86. The van der Waals surface area contributed by atoms with Gasteiger partial charge < -0.3 is 5.73 Å². The van der Waals surface area contributed by atoms with E-state index in [1.165, 1.54) is 4.88 Å². The van der Waals surface area contributed by atoms with Crippen molar-refractivity contribution in [1.82, 2.24) is 4.98 Å². The fourth-order valence-electron chi connectivity index (χ4n) is 1.28. The van der Waals surface area contributed by atoms with Crippen molar-refractivity contribution in [2.75, 3.05) is 0 Å². The van der Waals surface area contributed by atoms with Crippen LogP contribution in [0.1, 0.15) is 25.5 Å². The monoisotopic (exact) mass is 238 g/mol. The number of thiazole rings is 1. The number of hydrogen-bond acceptors (Lipinski definition) is 4. The zero-order valence-corrected chi connectivity index (χ0v) is 10.4. The van der Waals surface area contributed by atoms with Crippen molar-refractivity contribution >= 4 is 22.7 Å². The van der Waals surface area contributed by atoms with E-state index in [4.69, 9.17) is 5.73 Å². The standard InChI is InChI=1S/C11H14N2S2/c1-7(8(2)12)9-6-15-11(13-9)10-4-3-5-14-10/h3-8H,12H2,1-2H3. The molecule has 2 nitrogen and oxygen atoms in total. The molecule has 0 aliphatic heterocycles. The second-order valence-corrected chi connectivity index (χ2v) is 5.51. The molecule has 2 aromatic heterocycles. The smallest absolute Gasteiger partial charge is 0.133 e. The average molecular weight is 238 g/mol. The first-order valence-electron chi connectivity index (χ1n) is 4.93. The summed E-state index contributed by atoms with van der Waals surface area (Å²) in [5.74, 6) is 0.329. The number of aromatic nitrogens is 1. The Morgan fingerprint density at radius 3 is 2.73 bits per heavy atom. The summed E-state index contributed by atoms with van der Waals surface area (Å²) < 4.78 is 0. The highest BCUT2D eigenvalue weighted by Crippen LogP contribution is 2.30. The van der Waals surface area contributed by atoms with E-state index in [9.17, 15) is 0 Å². The highest BCUT2D eigenvalue weighted by atomic mass is 32.1. The van der Waals surface area contributed by atoms with Gasteiger partial charge in [0.25, 0.3) is 0 Å². The van der Waals surface area contributed by atoms with Crippen LogP contribution < -0.4 is 5.73 Å². The molecule has 2 rings (SSSR count). The molecule has 2 heterocycles. The van der Waals surface area contributed by atoms with Crippen LogP contribution in [0.15, 0.2) is 22.9 Å². The van der Waals surface area contributed by atoms with Crippen LogP contribution in [0, 0.1) is 0 Å². The lowest BCUT2D eigenvalue weighted by molar-refractivity contribution is 0.602. The van der Waals surface area contributed by atoms with Crippen molar-refractivity contribution in [3.8, 4) is 9.88 Å². The van der Waals surface area contributed by atoms with E-state index in [1.807, 2.05) is 6.92 Å². The minimum absolute atomic E-state index is 0.156. The molecule has 0 radical (unpaired) electrons. The highest BCUT2D eigenvalue weighted by molar-refractivity contribution is 7.20. The van der Waals surface area contributed by atoms with Crippen LogP contribution in [0.5, 0.6) is 0 Å². The summed E-state index contributed by atoms with van der Waals surface area (Å²) in [6.45, 7) is 4.15. The molecule has 15 heavy (non-hydrogen) atoms. The van der Waals surface area contributed by atoms with Crippen LogP contribution in [0.2, 0.25) is 0 Å². The van der Waals surface area contributed by atoms with Gasteiger partial charge in [-0.05, 0) is 18.4 Å². The maximum Gasteiger partial charge on any atom is 0.133 e. The van der Waals surface area contributed by atoms with Gasteiger partial charge in [0.2, 0.25) is 0 Å². The van der Waals surface area contributed by atoms with E-state index in [0.717, 1.165) is 10.7 Å². The fourth-order valence-corrected chi connectivity index (χ4v) is 3.02. The van der Waals surface area contributed by atoms with Gasteiger partial charge >= 0.3 is 0 Å². The van der Waals surface area contributed by atoms with E-state index in [0.29, 0.717) is 5.92 Å². The summed E-state index contributed by atoms with van der Waals surface area (Å²) in [6, 6.07) is 4.31. The van der Waals surface area contributed by atoms with Crippen LogP contribution >= 0.6 is 22.7 Å². The Bertz CT molecular complexity index is 417. The summed E-state index contributed by atoms with van der Waals surface area (Å²) in [7, 11) is 0. The lowest BCUT2D eigenvalue weighted by Gasteiger charge is -2.11. The lowest BCUT2D eigenvalue weighted by atomic mass is 10.0. The first kappa shape index (κ1) is 10.8. The van der Waals surface area contributed by atoms with Crippen molar-refractivity contribution in [1.29, 1.82) is 0 Å². The van der Waals surface area contributed by atoms with Crippen LogP contribution in [0.4, 0.5) is 0 Å². The number of nitrogens with two attached hydrogens (primary N) is 1. The van der Waals surface area contributed by atoms with Gasteiger partial charge in [0, 0.05) is 17.3 Å². The molecule has 0 spiro atoms. The number of rotatable bonds is 3. The van der Waals surface area contributed by atoms with Crippen LogP contribution in [-0.2, 0) is 0 Å².